The van der Waals surface area contributed by atoms with E-state index in [0.29, 0.717) is 39.0 Å². The molecule has 3 rings (SSSR count). The van der Waals surface area contributed by atoms with Gasteiger partial charge in [-0.1, -0.05) is 107 Å². The standard InChI is InChI=1S/C41H63N5O4/c1-32(42-5)39(49)44-38(41(2,3)4)40(50)46-29-18-23-35(46)31-45(30-27-34-21-14-11-15-22-34)37(48)25-17-9-7-6-8-16-24-36(47)43-28-26-33-19-12-10-13-20-33/h10-15,19-22,32,35,38,42H,6-9,16-18,23-31H2,1-5H3,(H,43,47)(H,44,49)/t32-,35-,38+/m0/s1. The van der Waals surface area contributed by atoms with Gasteiger partial charge < -0.3 is 25.8 Å². The number of likely N-dealkylation sites (tertiary alicyclic amines) is 1. The Bertz CT molecular complexity index is 1310. The van der Waals surface area contributed by atoms with Gasteiger partial charge in [0.05, 0.1) is 6.04 Å². The van der Waals surface area contributed by atoms with Gasteiger partial charge in [-0.3, -0.25) is 19.2 Å². The Balaban J connectivity index is 1.47. The Labute approximate surface area is 301 Å². The third kappa shape index (κ3) is 14.3. The summed E-state index contributed by atoms with van der Waals surface area (Å²) in [6.07, 6.45) is 10.2. The molecule has 0 saturated carbocycles. The van der Waals surface area contributed by atoms with Crippen molar-refractivity contribution >= 4 is 23.6 Å². The Morgan fingerprint density at radius 2 is 1.42 bits per heavy atom. The summed E-state index contributed by atoms with van der Waals surface area (Å²) >= 11 is 0. The summed E-state index contributed by atoms with van der Waals surface area (Å²) < 4.78 is 0. The summed E-state index contributed by atoms with van der Waals surface area (Å²) in [7, 11) is 1.73. The number of benzene rings is 2. The first kappa shape index (κ1) is 40.7. The van der Waals surface area contributed by atoms with Crippen LogP contribution < -0.4 is 16.0 Å². The molecule has 276 valence electrons. The molecule has 1 fully saturated rings. The minimum Gasteiger partial charge on any atom is -0.356 e. The molecule has 1 heterocycles. The molecule has 0 unspecified atom stereocenters. The van der Waals surface area contributed by atoms with Crippen molar-refractivity contribution in [2.45, 2.75) is 123 Å². The summed E-state index contributed by atoms with van der Waals surface area (Å²) in [5.74, 6) is -0.0179. The quantitative estimate of drug-likeness (QED) is 0.147. The minimum absolute atomic E-state index is 0.0724. The molecule has 3 atom stereocenters. The third-order valence-electron chi connectivity index (χ3n) is 9.81. The zero-order valence-corrected chi connectivity index (χ0v) is 31.3. The van der Waals surface area contributed by atoms with E-state index in [9.17, 15) is 19.2 Å². The normalized spacial score (nSPS) is 15.7. The Hall–Kier alpha value is -3.72. The van der Waals surface area contributed by atoms with Gasteiger partial charge in [0.2, 0.25) is 23.6 Å². The predicted octanol–water partition coefficient (Wildman–Crippen LogP) is 5.67. The number of carbonyl (C=O) groups excluding carboxylic acids is 4. The van der Waals surface area contributed by atoms with Gasteiger partial charge in [0.25, 0.3) is 0 Å². The SMILES string of the molecule is CN[C@@H](C)C(=O)N[C@H](C(=O)N1CCC[C@H]1CN(CCc1ccccc1)C(=O)CCCCCCCCC(=O)NCCc1ccccc1)C(C)(C)C. The molecule has 2 aromatic rings. The fraction of sp³-hybridized carbons (Fsp3) is 0.610. The van der Waals surface area contributed by atoms with Gasteiger partial charge in [-0.2, -0.15) is 0 Å². The van der Waals surface area contributed by atoms with Crippen LogP contribution in [0.3, 0.4) is 0 Å². The molecular formula is C41H63N5O4. The van der Waals surface area contributed by atoms with Gasteiger partial charge in [-0.15, -0.1) is 0 Å². The number of likely N-dealkylation sites (N-methyl/N-ethyl adjacent to an activating group) is 1. The summed E-state index contributed by atoms with van der Waals surface area (Å²) in [6.45, 7) is 10.1. The Morgan fingerprint density at radius 3 is 2.02 bits per heavy atom. The third-order valence-corrected chi connectivity index (χ3v) is 9.81. The predicted molar refractivity (Wildman–Crippen MR) is 201 cm³/mol. The van der Waals surface area contributed by atoms with Crippen LogP contribution in [0.25, 0.3) is 0 Å². The molecule has 0 bridgehead atoms. The van der Waals surface area contributed by atoms with Crippen LogP contribution in [0, 0.1) is 5.41 Å². The zero-order valence-electron chi connectivity index (χ0n) is 31.3. The number of carbonyl (C=O) groups is 4. The molecule has 9 heteroatoms. The summed E-state index contributed by atoms with van der Waals surface area (Å²) in [5.41, 5.74) is 1.95. The lowest BCUT2D eigenvalue weighted by atomic mass is 9.85. The maximum atomic E-state index is 14.0. The molecule has 0 radical (unpaired) electrons. The van der Waals surface area contributed by atoms with Crippen LogP contribution in [0.5, 0.6) is 0 Å². The highest BCUT2D eigenvalue weighted by Gasteiger charge is 2.40. The number of hydrogen-bond donors (Lipinski definition) is 3. The molecule has 4 amide bonds. The maximum Gasteiger partial charge on any atom is 0.246 e. The van der Waals surface area contributed by atoms with Crippen LogP contribution in [0.1, 0.15) is 103 Å². The molecule has 9 nitrogen and oxygen atoms in total. The van der Waals surface area contributed by atoms with Crippen molar-refractivity contribution in [1.82, 2.24) is 25.8 Å². The van der Waals surface area contributed by atoms with Crippen molar-refractivity contribution in [2.75, 3.05) is 33.2 Å². The van der Waals surface area contributed by atoms with E-state index < -0.39 is 17.5 Å². The van der Waals surface area contributed by atoms with Crippen LogP contribution in [-0.4, -0.2) is 84.8 Å². The zero-order chi connectivity index (χ0) is 36.4. The fourth-order valence-electron chi connectivity index (χ4n) is 6.52. The van der Waals surface area contributed by atoms with Crippen molar-refractivity contribution in [2.24, 2.45) is 5.41 Å². The molecule has 1 saturated heterocycles. The number of nitrogens with one attached hydrogen (secondary N) is 3. The smallest absolute Gasteiger partial charge is 0.246 e. The van der Waals surface area contributed by atoms with Gasteiger partial charge in [0.15, 0.2) is 0 Å². The highest BCUT2D eigenvalue weighted by molar-refractivity contribution is 5.90. The van der Waals surface area contributed by atoms with E-state index in [-0.39, 0.29) is 29.7 Å². The van der Waals surface area contributed by atoms with E-state index in [0.717, 1.165) is 64.2 Å². The molecule has 1 aliphatic heterocycles. The number of amides is 4. The maximum absolute atomic E-state index is 14.0. The van der Waals surface area contributed by atoms with Crippen LogP contribution in [-0.2, 0) is 32.0 Å². The van der Waals surface area contributed by atoms with E-state index in [4.69, 9.17) is 0 Å². The fourth-order valence-corrected chi connectivity index (χ4v) is 6.52. The van der Waals surface area contributed by atoms with Crippen LogP contribution >= 0.6 is 0 Å². The lowest BCUT2D eigenvalue weighted by Gasteiger charge is -2.37. The molecular weight excluding hydrogens is 626 g/mol. The lowest BCUT2D eigenvalue weighted by molar-refractivity contribution is -0.142. The van der Waals surface area contributed by atoms with Crippen molar-refractivity contribution < 1.29 is 19.2 Å². The highest BCUT2D eigenvalue weighted by atomic mass is 16.2. The van der Waals surface area contributed by atoms with Crippen molar-refractivity contribution in [3.8, 4) is 0 Å². The Morgan fingerprint density at radius 1 is 0.840 bits per heavy atom. The first-order chi connectivity index (χ1) is 24.0. The van der Waals surface area contributed by atoms with Crippen LogP contribution in [0.2, 0.25) is 0 Å². The van der Waals surface area contributed by atoms with Crippen LogP contribution in [0.15, 0.2) is 60.7 Å². The monoisotopic (exact) mass is 689 g/mol. The van der Waals surface area contributed by atoms with Crippen molar-refractivity contribution in [3.05, 3.63) is 71.8 Å². The second kappa shape index (κ2) is 21.5. The molecule has 3 N–H and O–H groups in total. The van der Waals surface area contributed by atoms with E-state index in [1.807, 2.05) is 67.0 Å². The van der Waals surface area contributed by atoms with E-state index in [1.165, 1.54) is 11.1 Å². The average Bonchev–Trinajstić information content (AvgIpc) is 3.58. The molecule has 2 aromatic carbocycles. The van der Waals surface area contributed by atoms with Gasteiger partial charge in [-0.05, 0) is 69.0 Å². The van der Waals surface area contributed by atoms with Crippen molar-refractivity contribution in [1.29, 1.82) is 0 Å². The lowest BCUT2D eigenvalue weighted by Crippen LogP contribution is -2.59. The first-order valence-corrected chi connectivity index (χ1v) is 18.9. The van der Waals surface area contributed by atoms with Gasteiger partial charge in [-0.25, -0.2) is 0 Å². The topological polar surface area (TPSA) is 111 Å². The van der Waals surface area contributed by atoms with Gasteiger partial charge >= 0.3 is 0 Å². The summed E-state index contributed by atoms with van der Waals surface area (Å²) in [6, 6.07) is 19.3. The number of hydrogen-bond acceptors (Lipinski definition) is 5. The van der Waals surface area contributed by atoms with E-state index in [1.54, 1.807) is 14.0 Å². The average molecular weight is 690 g/mol. The molecule has 0 aromatic heterocycles. The largest absolute Gasteiger partial charge is 0.356 e. The Kier molecular flexibility index (Phi) is 17.5. The summed E-state index contributed by atoms with van der Waals surface area (Å²) in [5, 5.41) is 8.99. The second-order valence-corrected chi connectivity index (χ2v) is 14.9. The highest BCUT2D eigenvalue weighted by Crippen LogP contribution is 2.27. The summed E-state index contributed by atoms with van der Waals surface area (Å²) in [4.78, 5) is 56.6. The molecule has 50 heavy (non-hydrogen) atoms. The van der Waals surface area contributed by atoms with Crippen molar-refractivity contribution in [3.63, 3.8) is 0 Å². The van der Waals surface area contributed by atoms with Crippen LogP contribution in [0.4, 0.5) is 0 Å². The first-order valence-electron chi connectivity index (χ1n) is 18.9. The molecule has 0 spiro atoms. The van der Waals surface area contributed by atoms with E-state index >= 15 is 0 Å². The number of rotatable bonds is 21. The minimum atomic E-state index is -0.658. The molecule has 1 aliphatic rings. The number of nitrogens with zero attached hydrogens (tertiary/aromatic N) is 2. The van der Waals surface area contributed by atoms with Gasteiger partial charge in [0.1, 0.15) is 6.04 Å². The van der Waals surface area contributed by atoms with E-state index in [2.05, 4.69) is 40.2 Å². The molecule has 0 aliphatic carbocycles. The number of unbranched alkanes of at least 4 members (excludes halogenated alkanes) is 5. The van der Waals surface area contributed by atoms with Gasteiger partial charge in [0, 0.05) is 45.1 Å². The second-order valence-electron chi connectivity index (χ2n) is 14.9.